The summed E-state index contributed by atoms with van der Waals surface area (Å²) in [5.74, 6) is 1.06. The number of likely N-dealkylation sites (tertiary alicyclic amines) is 1. The lowest BCUT2D eigenvalue weighted by atomic mass is 10.1. The number of hydrogen-bond donors (Lipinski definition) is 1. The standard InChI is InChI=1S/C25H42N4O2/c1-3-26-25(27-16-8-9-17-28(2)22-11-5-4-6-12-22)29-18-14-23(15-19-29)31-21-24-13-7-10-20-30-24/h4-6,11-12,23-24H,3,7-10,13-21H2,1-2H3,(H,26,27). The van der Waals surface area contributed by atoms with Crippen molar-refractivity contribution in [1.82, 2.24) is 10.2 Å². The maximum Gasteiger partial charge on any atom is 0.193 e. The van der Waals surface area contributed by atoms with E-state index in [1.165, 1.54) is 18.5 Å². The number of piperidine rings is 1. The van der Waals surface area contributed by atoms with Crippen molar-refractivity contribution in [3.63, 3.8) is 0 Å². The van der Waals surface area contributed by atoms with Gasteiger partial charge in [0.25, 0.3) is 0 Å². The predicted molar refractivity (Wildman–Crippen MR) is 129 cm³/mol. The molecule has 0 aliphatic carbocycles. The minimum atomic E-state index is 0.312. The molecular weight excluding hydrogens is 388 g/mol. The van der Waals surface area contributed by atoms with Crippen LogP contribution in [0.5, 0.6) is 0 Å². The van der Waals surface area contributed by atoms with Crippen LogP contribution in [0, 0.1) is 0 Å². The van der Waals surface area contributed by atoms with E-state index in [1.807, 2.05) is 0 Å². The van der Waals surface area contributed by atoms with Crippen LogP contribution in [0.15, 0.2) is 35.3 Å². The van der Waals surface area contributed by atoms with Crippen molar-refractivity contribution < 1.29 is 9.47 Å². The second-order valence-corrected chi connectivity index (χ2v) is 8.71. The molecule has 2 saturated heterocycles. The molecule has 2 aliphatic heterocycles. The highest BCUT2D eigenvalue weighted by Gasteiger charge is 2.23. The van der Waals surface area contributed by atoms with Crippen molar-refractivity contribution in [3.8, 4) is 0 Å². The van der Waals surface area contributed by atoms with Crippen LogP contribution in [0.25, 0.3) is 0 Å². The number of para-hydroxylation sites is 1. The quantitative estimate of drug-likeness (QED) is 0.346. The highest BCUT2D eigenvalue weighted by atomic mass is 16.5. The van der Waals surface area contributed by atoms with E-state index >= 15 is 0 Å². The third kappa shape index (κ3) is 8.34. The Morgan fingerprint density at radius 1 is 1.16 bits per heavy atom. The average Bonchev–Trinajstić information content (AvgIpc) is 2.83. The summed E-state index contributed by atoms with van der Waals surface area (Å²) in [5, 5.41) is 3.48. The lowest BCUT2D eigenvalue weighted by molar-refractivity contribution is -0.0721. The van der Waals surface area contributed by atoms with Gasteiger partial charge in [-0.15, -0.1) is 0 Å². The molecule has 1 aromatic carbocycles. The number of anilines is 1. The van der Waals surface area contributed by atoms with E-state index in [1.54, 1.807) is 0 Å². The van der Waals surface area contributed by atoms with E-state index in [2.05, 4.69) is 59.4 Å². The minimum absolute atomic E-state index is 0.312. The SMILES string of the molecule is CCNC(=NCCCCN(C)c1ccccc1)N1CCC(OCC2CCCCO2)CC1. The molecule has 174 valence electrons. The number of hydrogen-bond acceptors (Lipinski definition) is 4. The molecule has 1 atom stereocenters. The van der Waals surface area contributed by atoms with Gasteiger partial charge in [0.1, 0.15) is 0 Å². The molecule has 0 bridgehead atoms. The van der Waals surface area contributed by atoms with Crippen LogP contribution >= 0.6 is 0 Å². The lowest BCUT2D eigenvalue weighted by Crippen LogP contribution is -2.47. The topological polar surface area (TPSA) is 49.3 Å². The minimum Gasteiger partial charge on any atom is -0.376 e. The molecular formula is C25H42N4O2. The van der Waals surface area contributed by atoms with Gasteiger partial charge in [-0.25, -0.2) is 0 Å². The van der Waals surface area contributed by atoms with Gasteiger partial charge in [-0.05, 0) is 64.0 Å². The summed E-state index contributed by atoms with van der Waals surface area (Å²) in [6, 6.07) is 10.6. The summed E-state index contributed by atoms with van der Waals surface area (Å²) in [5.41, 5.74) is 1.28. The van der Waals surface area contributed by atoms with Crippen molar-refractivity contribution in [1.29, 1.82) is 0 Å². The van der Waals surface area contributed by atoms with Crippen molar-refractivity contribution in [2.75, 3.05) is 57.9 Å². The number of guanidine groups is 1. The Kier molecular flexibility index (Phi) is 10.5. The smallest absolute Gasteiger partial charge is 0.193 e. The lowest BCUT2D eigenvalue weighted by Gasteiger charge is -2.35. The Labute approximate surface area is 189 Å². The largest absolute Gasteiger partial charge is 0.376 e. The summed E-state index contributed by atoms with van der Waals surface area (Å²) in [7, 11) is 2.16. The van der Waals surface area contributed by atoms with Crippen molar-refractivity contribution in [2.24, 2.45) is 4.99 Å². The first kappa shape index (κ1) is 23.9. The van der Waals surface area contributed by atoms with E-state index in [0.29, 0.717) is 12.2 Å². The molecule has 2 fully saturated rings. The van der Waals surface area contributed by atoms with Crippen LogP contribution in [0.4, 0.5) is 5.69 Å². The van der Waals surface area contributed by atoms with Crippen LogP contribution in [-0.4, -0.2) is 76.1 Å². The molecule has 31 heavy (non-hydrogen) atoms. The Morgan fingerprint density at radius 2 is 1.97 bits per heavy atom. The van der Waals surface area contributed by atoms with Crippen LogP contribution in [-0.2, 0) is 9.47 Å². The van der Waals surface area contributed by atoms with Gasteiger partial charge in [0.15, 0.2) is 5.96 Å². The Morgan fingerprint density at radius 3 is 2.68 bits per heavy atom. The fourth-order valence-electron chi connectivity index (χ4n) is 4.30. The first-order valence-electron chi connectivity index (χ1n) is 12.3. The molecule has 2 heterocycles. The number of ether oxygens (including phenoxy) is 2. The van der Waals surface area contributed by atoms with Gasteiger partial charge in [0, 0.05) is 52.1 Å². The third-order valence-electron chi connectivity index (χ3n) is 6.23. The van der Waals surface area contributed by atoms with Crippen LogP contribution < -0.4 is 10.2 Å². The molecule has 0 aromatic heterocycles. The third-order valence-corrected chi connectivity index (χ3v) is 6.23. The van der Waals surface area contributed by atoms with E-state index in [9.17, 15) is 0 Å². The van der Waals surface area contributed by atoms with Gasteiger partial charge in [0.05, 0.1) is 18.8 Å². The van der Waals surface area contributed by atoms with Crippen LogP contribution in [0.3, 0.4) is 0 Å². The highest BCUT2D eigenvalue weighted by Crippen LogP contribution is 2.18. The molecule has 0 spiro atoms. The first-order chi connectivity index (χ1) is 15.3. The molecule has 1 unspecified atom stereocenters. The number of aliphatic imine (C=N–C) groups is 1. The van der Waals surface area contributed by atoms with E-state index in [-0.39, 0.29) is 0 Å². The number of nitrogens with one attached hydrogen (secondary N) is 1. The molecule has 1 N–H and O–H groups in total. The zero-order chi connectivity index (χ0) is 21.7. The molecule has 0 amide bonds. The number of nitrogens with zero attached hydrogens (tertiary/aromatic N) is 3. The van der Waals surface area contributed by atoms with Gasteiger partial charge in [-0.1, -0.05) is 18.2 Å². The van der Waals surface area contributed by atoms with Gasteiger partial charge >= 0.3 is 0 Å². The van der Waals surface area contributed by atoms with Crippen molar-refractivity contribution in [3.05, 3.63) is 30.3 Å². The van der Waals surface area contributed by atoms with Gasteiger partial charge < -0.3 is 24.6 Å². The van der Waals surface area contributed by atoms with Gasteiger partial charge in [-0.2, -0.15) is 0 Å². The molecule has 2 aliphatic rings. The molecule has 6 nitrogen and oxygen atoms in total. The molecule has 0 radical (unpaired) electrons. The fraction of sp³-hybridized carbons (Fsp3) is 0.720. The summed E-state index contributed by atoms with van der Waals surface area (Å²) in [6.07, 6.45) is 8.68. The summed E-state index contributed by atoms with van der Waals surface area (Å²) < 4.78 is 12.0. The maximum absolute atomic E-state index is 6.17. The monoisotopic (exact) mass is 430 g/mol. The maximum atomic E-state index is 6.17. The Hall–Kier alpha value is -1.79. The van der Waals surface area contributed by atoms with Crippen molar-refractivity contribution >= 4 is 11.6 Å². The normalized spacial score (nSPS) is 20.6. The van der Waals surface area contributed by atoms with Crippen LogP contribution in [0.1, 0.15) is 51.9 Å². The molecule has 1 aromatic rings. The van der Waals surface area contributed by atoms with Crippen molar-refractivity contribution in [2.45, 2.75) is 64.1 Å². The second kappa shape index (κ2) is 13.6. The Bertz CT molecular complexity index is 626. The predicted octanol–water partition coefficient (Wildman–Crippen LogP) is 3.92. The zero-order valence-corrected chi connectivity index (χ0v) is 19.6. The van der Waals surface area contributed by atoms with E-state index in [4.69, 9.17) is 14.5 Å². The Balaban J connectivity index is 1.34. The van der Waals surface area contributed by atoms with Gasteiger partial charge in [-0.3, -0.25) is 4.99 Å². The number of unbranched alkanes of at least 4 members (excludes halogenated alkanes) is 1. The number of rotatable bonds is 10. The number of benzene rings is 1. The summed E-state index contributed by atoms with van der Waals surface area (Å²) in [4.78, 5) is 9.62. The molecule has 0 saturated carbocycles. The summed E-state index contributed by atoms with van der Waals surface area (Å²) >= 11 is 0. The van der Waals surface area contributed by atoms with Crippen LogP contribution in [0.2, 0.25) is 0 Å². The first-order valence-corrected chi connectivity index (χ1v) is 12.3. The average molecular weight is 431 g/mol. The molecule has 6 heteroatoms. The highest BCUT2D eigenvalue weighted by molar-refractivity contribution is 5.80. The second-order valence-electron chi connectivity index (χ2n) is 8.71. The zero-order valence-electron chi connectivity index (χ0n) is 19.6. The summed E-state index contributed by atoms with van der Waals surface area (Å²) in [6.45, 7) is 8.67. The van der Waals surface area contributed by atoms with E-state index < -0.39 is 0 Å². The van der Waals surface area contributed by atoms with Gasteiger partial charge in [0.2, 0.25) is 0 Å². The fourth-order valence-corrected chi connectivity index (χ4v) is 4.30. The van der Waals surface area contributed by atoms with E-state index in [0.717, 1.165) is 84.0 Å². The molecule has 3 rings (SSSR count).